The molecule has 1 aliphatic rings. The summed E-state index contributed by atoms with van der Waals surface area (Å²) in [6.45, 7) is 1.63. The number of anilines is 1. The van der Waals surface area contributed by atoms with Crippen molar-refractivity contribution in [3.63, 3.8) is 0 Å². The summed E-state index contributed by atoms with van der Waals surface area (Å²) in [5.41, 5.74) is -0.720. The quantitative estimate of drug-likeness (QED) is 0.832. The number of nitrogens with one attached hydrogen (secondary N) is 1. The van der Waals surface area contributed by atoms with E-state index in [9.17, 15) is 5.11 Å². The summed E-state index contributed by atoms with van der Waals surface area (Å²) in [7, 11) is 0. The molecule has 0 spiro atoms. The zero-order valence-electron chi connectivity index (χ0n) is 8.82. The molecule has 1 aromatic heterocycles. The van der Waals surface area contributed by atoms with Crippen molar-refractivity contribution in [2.75, 3.05) is 25.1 Å². The fourth-order valence-electron chi connectivity index (χ4n) is 1.61. The zero-order chi connectivity index (χ0) is 11.4. The van der Waals surface area contributed by atoms with Crippen molar-refractivity contribution in [2.24, 2.45) is 0 Å². The second kappa shape index (κ2) is 4.95. The molecule has 5 nitrogen and oxygen atoms in total. The molecule has 0 aliphatic carbocycles. The van der Waals surface area contributed by atoms with Gasteiger partial charge < -0.3 is 15.2 Å². The average Bonchev–Trinajstić information content (AvgIpc) is 2.28. The van der Waals surface area contributed by atoms with Crippen LogP contribution in [0.3, 0.4) is 0 Å². The third-order valence-corrected chi connectivity index (χ3v) is 2.81. The van der Waals surface area contributed by atoms with Gasteiger partial charge in [0.25, 0.3) is 0 Å². The van der Waals surface area contributed by atoms with Gasteiger partial charge >= 0.3 is 0 Å². The highest BCUT2D eigenvalue weighted by Crippen LogP contribution is 2.20. The first kappa shape index (κ1) is 11.6. The molecule has 0 radical (unpaired) electrons. The number of halogens is 1. The molecule has 1 aromatic rings. The van der Waals surface area contributed by atoms with Crippen LogP contribution in [0.4, 0.5) is 5.82 Å². The highest BCUT2D eigenvalue weighted by Gasteiger charge is 2.29. The largest absolute Gasteiger partial charge is 0.388 e. The van der Waals surface area contributed by atoms with Crippen LogP contribution in [-0.4, -0.2) is 40.4 Å². The van der Waals surface area contributed by atoms with Crippen LogP contribution in [-0.2, 0) is 4.74 Å². The van der Waals surface area contributed by atoms with Crippen molar-refractivity contribution >= 4 is 17.4 Å². The van der Waals surface area contributed by atoms with Gasteiger partial charge in [-0.3, -0.25) is 4.98 Å². The molecule has 1 fully saturated rings. The highest BCUT2D eigenvalue weighted by atomic mass is 35.5. The number of rotatable bonds is 3. The number of ether oxygens (including phenoxy) is 1. The molecule has 0 unspecified atom stereocenters. The van der Waals surface area contributed by atoms with Gasteiger partial charge in [-0.25, -0.2) is 4.98 Å². The standard InChI is InChI=1S/C10H14ClN3O2/c11-8-5-12-6-9(14-8)13-7-10(15)1-3-16-4-2-10/h5-6,15H,1-4,7H2,(H,13,14). The van der Waals surface area contributed by atoms with Gasteiger partial charge in [-0.1, -0.05) is 11.6 Å². The molecule has 16 heavy (non-hydrogen) atoms. The van der Waals surface area contributed by atoms with E-state index in [0.717, 1.165) is 0 Å². The maximum atomic E-state index is 10.2. The van der Waals surface area contributed by atoms with E-state index >= 15 is 0 Å². The van der Waals surface area contributed by atoms with Crippen LogP contribution < -0.4 is 5.32 Å². The van der Waals surface area contributed by atoms with Crippen LogP contribution in [0.2, 0.25) is 5.15 Å². The molecule has 88 valence electrons. The molecule has 0 amide bonds. The number of nitrogens with zero attached hydrogens (tertiary/aromatic N) is 2. The third-order valence-electron chi connectivity index (χ3n) is 2.63. The first-order valence-electron chi connectivity index (χ1n) is 5.20. The molecular formula is C10H14ClN3O2. The summed E-state index contributed by atoms with van der Waals surface area (Å²) < 4.78 is 5.20. The summed E-state index contributed by atoms with van der Waals surface area (Å²) in [6, 6.07) is 0. The molecule has 1 aliphatic heterocycles. The first-order chi connectivity index (χ1) is 7.68. The fourth-order valence-corrected chi connectivity index (χ4v) is 1.76. The summed E-state index contributed by atoms with van der Waals surface area (Å²) in [4.78, 5) is 7.95. The third kappa shape index (κ3) is 3.04. The lowest BCUT2D eigenvalue weighted by molar-refractivity contribution is -0.0543. The van der Waals surface area contributed by atoms with Gasteiger partial charge in [0.1, 0.15) is 11.0 Å². The Balaban J connectivity index is 1.91. The Hall–Kier alpha value is -0.910. The highest BCUT2D eigenvalue weighted by molar-refractivity contribution is 6.29. The number of hydrogen-bond donors (Lipinski definition) is 2. The monoisotopic (exact) mass is 243 g/mol. The number of hydrogen-bond acceptors (Lipinski definition) is 5. The fraction of sp³-hybridized carbons (Fsp3) is 0.600. The Morgan fingerprint density at radius 2 is 2.19 bits per heavy atom. The number of aromatic nitrogens is 2. The van der Waals surface area contributed by atoms with E-state index in [1.807, 2.05) is 0 Å². The second-order valence-electron chi connectivity index (χ2n) is 3.92. The lowest BCUT2D eigenvalue weighted by atomic mass is 9.94. The van der Waals surface area contributed by atoms with E-state index in [4.69, 9.17) is 16.3 Å². The molecule has 2 rings (SSSR count). The van der Waals surface area contributed by atoms with Crippen LogP contribution >= 0.6 is 11.6 Å². The van der Waals surface area contributed by atoms with E-state index in [0.29, 0.717) is 43.6 Å². The zero-order valence-corrected chi connectivity index (χ0v) is 9.57. The summed E-state index contributed by atoms with van der Waals surface area (Å²) in [6.07, 6.45) is 4.31. The van der Waals surface area contributed by atoms with Crippen LogP contribution in [0.1, 0.15) is 12.8 Å². The van der Waals surface area contributed by atoms with E-state index in [1.165, 1.54) is 6.20 Å². The predicted octanol–water partition coefficient (Wildman–Crippen LogP) is 1.08. The van der Waals surface area contributed by atoms with Crippen LogP contribution in [0.5, 0.6) is 0 Å². The maximum absolute atomic E-state index is 10.2. The Kier molecular flexibility index (Phi) is 3.58. The molecule has 0 bridgehead atoms. The maximum Gasteiger partial charge on any atom is 0.149 e. The van der Waals surface area contributed by atoms with Gasteiger partial charge in [0.2, 0.25) is 0 Å². The molecule has 0 aromatic carbocycles. The first-order valence-corrected chi connectivity index (χ1v) is 5.57. The van der Waals surface area contributed by atoms with Gasteiger partial charge in [-0.15, -0.1) is 0 Å². The molecule has 0 saturated carbocycles. The van der Waals surface area contributed by atoms with E-state index in [2.05, 4.69) is 15.3 Å². The molecular weight excluding hydrogens is 230 g/mol. The normalized spacial score (nSPS) is 19.4. The predicted molar refractivity (Wildman–Crippen MR) is 60.5 cm³/mol. The minimum absolute atomic E-state index is 0.337. The van der Waals surface area contributed by atoms with Crippen molar-refractivity contribution < 1.29 is 9.84 Å². The summed E-state index contributed by atoms with van der Waals surface area (Å²) in [5.74, 6) is 0.576. The minimum atomic E-state index is -0.720. The van der Waals surface area contributed by atoms with Gasteiger partial charge in [0.15, 0.2) is 0 Å². The Morgan fingerprint density at radius 3 is 2.88 bits per heavy atom. The van der Waals surface area contributed by atoms with E-state index in [1.54, 1.807) is 6.20 Å². The molecule has 0 atom stereocenters. The summed E-state index contributed by atoms with van der Waals surface area (Å²) >= 11 is 5.70. The molecule has 2 N–H and O–H groups in total. The van der Waals surface area contributed by atoms with Crippen molar-refractivity contribution in [2.45, 2.75) is 18.4 Å². The van der Waals surface area contributed by atoms with E-state index in [-0.39, 0.29) is 0 Å². The van der Waals surface area contributed by atoms with E-state index < -0.39 is 5.60 Å². The van der Waals surface area contributed by atoms with Crippen molar-refractivity contribution in [1.82, 2.24) is 9.97 Å². The Morgan fingerprint density at radius 1 is 1.44 bits per heavy atom. The minimum Gasteiger partial charge on any atom is -0.388 e. The molecule has 6 heteroatoms. The SMILES string of the molecule is OC1(CNc2cncc(Cl)n2)CCOCC1. The van der Waals surface area contributed by atoms with Crippen LogP contribution in [0.15, 0.2) is 12.4 Å². The van der Waals surface area contributed by atoms with Crippen molar-refractivity contribution in [1.29, 1.82) is 0 Å². The van der Waals surface area contributed by atoms with Gasteiger partial charge in [-0.2, -0.15) is 0 Å². The average molecular weight is 244 g/mol. The smallest absolute Gasteiger partial charge is 0.149 e. The Bertz CT molecular complexity index is 356. The molecule has 1 saturated heterocycles. The second-order valence-corrected chi connectivity index (χ2v) is 4.30. The van der Waals surface area contributed by atoms with Crippen molar-refractivity contribution in [3.05, 3.63) is 17.5 Å². The van der Waals surface area contributed by atoms with Crippen molar-refractivity contribution in [3.8, 4) is 0 Å². The van der Waals surface area contributed by atoms with Crippen LogP contribution in [0.25, 0.3) is 0 Å². The lowest BCUT2D eigenvalue weighted by Crippen LogP contribution is -2.42. The van der Waals surface area contributed by atoms with Gasteiger partial charge in [0, 0.05) is 32.6 Å². The topological polar surface area (TPSA) is 67.3 Å². The summed E-state index contributed by atoms with van der Waals surface area (Å²) in [5, 5.41) is 13.5. The Labute approximate surface area is 98.8 Å². The van der Waals surface area contributed by atoms with Gasteiger partial charge in [0.05, 0.1) is 18.0 Å². The van der Waals surface area contributed by atoms with Gasteiger partial charge in [-0.05, 0) is 0 Å². The molecule has 2 heterocycles. The lowest BCUT2D eigenvalue weighted by Gasteiger charge is -2.32. The number of aliphatic hydroxyl groups is 1. The van der Waals surface area contributed by atoms with Crippen LogP contribution in [0, 0.1) is 0 Å².